The number of hydrogen-bond acceptors (Lipinski definition) is 2. The third-order valence-electron chi connectivity index (χ3n) is 3.95. The molecule has 0 aliphatic carbocycles. The molecule has 128 valence electrons. The van der Waals surface area contributed by atoms with E-state index in [0.29, 0.717) is 17.2 Å². The Morgan fingerprint density at radius 2 is 1.81 bits per heavy atom. The molecule has 2 nitrogen and oxygen atoms in total. The molecule has 3 aromatic rings. The Balaban J connectivity index is 1.77. The molecule has 0 saturated heterocycles. The van der Waals surface area contributed by atoms with E-state index in [-0.39, 0.29) is 0 Å². The van der Waals surface area contributed by atoms with Crippen LogP contribution >= 0.6 is 11.6 Å². The Bertz CT molecular complexity index is 968. The monoisotopic (exact) mass is 359 g/mol. The van der Waals surface area contributed by atoms with Crippen molar-refractivity contribution in [3.63, 3.8) is 0 Å². The van der Waals surface area contributed by atoms with Crippen LogP contribution in [0.25, 0.3) is 11.6 Å². The lowest BCUT2D eigenvalue weighted by Gasteiger charge is -2.08. The fourth-order valence-electron chi connectivity index (χ4n) is 2.57. The van der Waals surface area contributed by atoms with Crippen molar-refractivity contribution >= 4 is 23.3 Å². The molecule has 3 rings (SSSR count). The van der Waals surface area contributed by atoms with Crippen molar-refractivity contribution in [2.24, 2.45) is 0 Å². The minimum atomic E-state index is 0.441. The summed E-state index contributed by atoms with van der Waals surface area (Å²) in [7, 11) is 0. The number of benzene rings is 3. The lowest BCUT2D eigenvalue weighted by molar-refractivity contribution is 0.306. The summed E-state index contributed by atoms with van der Waals surface area (Å²) in [5, 5.41) is 10.2. The van der Waals surface area contributed by atoms with Crippen LogP contribution in [0.15, 0.2) is 72.8 Å². The number of allylic oxidation sites excluding steroid dienone is 1. The molecule has 0 aromatic heterocycles. The maximum Gasteiger partial charge on any atom is 0.120 e. The van der Waals surface area contributed by atoms with Gasteiger partial charge in [0.2, 0.25) is 0 Å². The minimum Gasteiger partial charge on any atom is -0.489 e. The second-order valence-electron chi connectivity index (χ2n) is 6.03. The van der Waals surface area contributed by atoms with E-state index in [1.807, 2.05) is 85.8 Å². The molecular weight excluding hydrogens is 342 g/mol. The summed E-state index contributed by atoms with van der Waals surface area (Å²) in [6.07, 6.45) is 1.87. The van der Waals surface area contributed by atoms with Gasteiger partial charge in [0.05, 0.1) is 11.6 Å². The molecule has 26 heavy (non-hydrogen) atoms. The Labute approximate surface area is 158 Å². The number of aryl methyl sites for hydroxylation is 1. The zero-order chi connectivity index (χ0) is 18.4. The quantitative estimate of drug-likeness (QED) is 0.396. The zero-order valence-corrected chi connectivity index (χ0v) is 15.2. The van der Waals surface area contributed by atoms with Crippen LogP contribution in [-0.2, 0) is 6.61 Å². The normalized spacial score (nSPS) is 11.0. The molecular formula is C23H18ClNO. The van der Waals surface area contributed by atoms with Gasteiger partial charge in [0.1, 0.15) is 12.4 Å². The van der Waals surface area contributed by atoms with E-state index in [0.717, 1.165) is 22.4 Å². The van der Waals surface area contributed by atoms with Crippen molar-refractivity contribution in [3.8, 4) is 11.8 Å². The number of rotatable bonds is 5. The first kappa shape index (κ1) is 17.8. The van der Waals surface area contributed by atoms with Gasteiger partial charge in [-0.1, -0.05) is 65.7 Å². The van der Waals surface area contributed by atoms with Gasteiger partial charge in [-0.05, 0) is 54.0 Å². The molecule has 0 fully saturated rings. The maximum atomic E-state index is 9.50. The molecule has 0 aliphatic heterocycles. The molecule has 0 saturated carbocycles. The second-order valence-corrected chi connectivity index (χ2v) is 6.46. The predicted octanol–water partition coefficient (Wildman–Crippen LogP) is 6.29. The summed E-state index contributed by atoms with van der Waals surface area (Å²) in [6, 6.07) is 25.5. The molecule has 0 radical (unpaired) electrons. The molecule has 0 unspecified atom stereocenters. The zero-order valence-electron chi connectivity index (χ0n) is 14.4. The number of hydrogen-bond donors (Lipinski definition) is 0. The molecule has 3 aromatic carbocycles. The van der Waals surface area contributed by atoms with Gasteiger partial charge in [0, 0.05) is 5.02 Å². The van der Waals surface area contributed by atoms with Gasteiger partial charge in [-0.2, -0.15) is 5.26 Å². The highest BCUT2D eigenvalue weighted by atomic mass is 35.5. The van der Waals surface area contributed by atoms with Crippen LogP contribution in [0.3, 0.4) is 0 Å². The number of ether oxygens (including phenoxy) is 1. The van der Waals surface area contributed by atoms with Gasteiger partial charge in [-0.15, -0.1) is 0 Å². The molecule has 0 N–H and O–H groups in total. The van der Waals surface area contributed by atoms with Crippen molar-refractivity contribution in [1.29, 1.82) is 5.26 Å². The second kappa shape index (κ2) is 8.38. The SMILES string of the molecule is Cc1ccc(/C(C#N)=C/c2cccc(OCc3cccc(Cl)c3)c2)cc1. The maximum absolute atomic E-state index is 9.50. The topological polar surface area (TPSA) is 33.0 Å². The fourth-order valence-corrected chi connectivity index (χ4v) is 2.78. The molecule has 0 aliphatic rings. The van der Waals surface area contributed by atoms with Crippen LogP contribution < -0.4 is 4.74 Å². The van der Waals surface area contributed by atoms with E-state index in [2.05, 4.69) is 6.07 Å². The number of nitriles is 1. The molecule has 0 heterocycles. The Hall–Kier alpha value is -3.02. The van der Waals surface area contributed by atoms with Gasteiger partial charge < -0.3 is 4.74 Å². The fraction of sp³-hybridized carbons (Fsp3) is 0.0870. The summed E-state index contributed by atoms with van der Waals surface area (Å²) >= 11 is 6.00. The van der Waals surface area contributed by atoms with E-state index in [1.54, 1.807) is 0 Å². The number of nitrogens with zero attached hydrogens (tertiary/aromatic N) is 1. The third kappa shape index (κ3) is 4.75. The van der Waals surface area contributed by atoms with Crippen LogP contribution in [0, 0.1) is 18.3 Å². The average molecular weight is 360 g/mol. The smallest absolute Gasteiger partial charge is 0.120 e. The van der Waals surface area contributed by atoms with E-state index < -0.39 is 0 Å². The van der Waals surface area contributed by atoms with Crippen molar-refractivity contribution in [3.05, 3.63) is 100 Å². The standard InChI is InChI=1S/C23H18ClNO/c1-17-8-10-20(11-9-17)21(15-25)12-18-4-3-7-23(14-18)26-16-19-5-2-6-22(24)13-19/h2-14H,16H2,1H3/b21-12+. The van der Waals surface area contributed by atoms with Crippen LogP contribution in [-0.4, -0.2) is 0 Å². The van der Waals surface area contributed by atoms with Gasteiger partial charge in [-0.25, -0.2) is 0 Å². The molecule has 0 bridgehead atoms. The van der Waals surface area contributed by atoms with E-state index in [4.69, 9.17) is 16.3 Å². The molecule has 0 amide bonds. The Morgan fingerprint density at radius 3 is 2.54 bits per heavy atom. The Morgan fingerprint density at radius 1 is 1.04 bits per heavy atom. The van der Waals surface area contributed by atoms with Gasteiger partial charge in [0.25, 0.3) is 0 Å². The summed E-state index contributed by atoms with van der Waals surface area (Å²) in [5.41, 5.74) is 4.63. The highest BCUT2D eigenvalue weighted by Crippen LogP contribution is 2.22. The highest BCUT2D eigenvalue weighted by molar-refractivity contribution is 6.30. The van der Waals surface area contributed by atoms with Gasteiger partial charge in [-0.3, -0.25) is 0 Å². The van der Waals surface area contributed by atoms with Crippen LogP contribution in [0.2, 0.25) is 5.02 Å². The van der Waals surface area contributed by atoms with Crippen molar-refractivity contribution in [2.75, 3.05) is 0 Å². The third-order valence-corrected chi connectivity index (χ3v) is 4.18. The van der Waals surface area contributed by atoms with Gasteiger partial charge in [0.15, 0.2) is 0 Å². The Kier molecular flexibility index (Phi) is 5.73. The van der Waals surface area contributed by atoms with Crippen LogP contribution in [0.5, 0.6) is 5.75 Å². The highest BCUT2D eigenvalue weighted by Gasteiger charge is 2.03. The molecule has 3 heteroatoms. The van der Waals surface area contributed by atoms with Crippen LogP contribution in [0.4, 0.5) is 0 Å². The first-order valence-corrected chi connectivity index (χ1v) is 8.68. The van der Waals surface area contributed by atoms with Crippen molar-refractivity contribution < 1.29 is 4.74 Å². The molecule has 0 spiro atoms. The van der Waals surface area contributed by atoms with Crippen LogP contribution in [0.1, 0.15) is 22.3 Å². The summed E-state index contributed by atoms with van der Waals surface area (Å²) < 4.78 is 5.85. The predicted molar refractivity (Wildman–Crippen MR) is 107 cm³/mol. The van der Waals surface area contributed by atoms with Crippen molar-refractivity contribution in [1.82, 2.24) is 0 Å². The van der Waals surface area contributed by atoms with E-state index in [1.165, 1.54) is 5.56 Å². The molecule has 0 atom stereocenters. The lowest BCUT2D eigenvalue weighted by Crippen LogP contribution is -1.95. The first-order chi connectivity index (χ1) is 12.6. The summed E-state index contributed by atoms with van der Waals surface area (Å²) in [6.45, 7) is 2.47. The van der Waals surface area contributed by atoms with Crippen molar-refractivity contribution in [2.45, 2.75) is 13.5 Å². The minimum absolute atomic E-state index is 0.441. The summed E-state index contributed by atoms with van der Waals surface area (Å²) in [4.78, 5) is 0. The first-order valence-electron chi connectivity index (χ1n) is 8.30. The van der Waals surface area contributed by atoms with E-state index >= 15 is 0 Å². The van der Waals surface area contributed by atoms with E-state index in [9.17, 15) is 5.26 Å². The summed E-state index contributed by atoms with van der Waals surface area (Å²) in [5.74, 6) is 0.750. The number of halogens is 1. The largest absolute Gasteiger partial charge is 0.489 e. The lowest BCUT2D eigenvalue weighted by atomic mass is 10.0. The average Bonchev–Trinajstić information content (AvgIpc) is 2.66. The van der Waals surface area contributed by atoms with Gasteiger partial charge >= 0.3 is 0 Å².